The molecular weight excluding hydrogens is 300 g/mol. The maximum Gasteiger partial charge on any atom is 0.220 e. The van der Waals surface area contributed by atoms with Crippen LogP contribution in [0.1, 0.15) is 12.8 Å². The summed E-state index contributed by atoms with van der Waals surface area (Å²) < 4.78 is 0. The van der Waals surface area contributed by atoms with Gasteiger partial charge in [0, 0.05) is 30.0 Å². The maximum atomic E-state index is 11.2. The summed E-state index contributed by atoms with van der Waals surface area (Å²) in [4.78, 5) is 18.1. The highest BCUT2D eigenvalue weighted by atomic mass is 32.1. The zero-order valence-electron chi connectivity index (χ0n) is 12.0. The molecule has 1 aromatic heterocycles. The molecule has 116 valence electrons. The van der Waals surface area contributed by atoms with Crippen molar-refractivity contribution in [3.05, 3.63) is 29.6 Å². The van der Waals surface area contributed by atoms with E-state index in [0.29, 0.717) is 5.69 Å². The van der Waals surface area contributed by atoms with Crippen molar-refractivity contribution in [1.29, 1.82) is 0 Å². The summed E-state index contributed by atoms with van der Waals surface area (Å²) in [5.41, 5.74) is 9.88. The Balaban J connectivity index is 1.76. The van der Waals surface area contributed by atoms with Gasteiger partial charge in [0.05, 0.1) is 11.4 Å². The predicted molar refractivity (Wildman–Crippen MR) is 87.1 cm³/mol. The Hall–Kier alpha value is -2.12. The van der Waals surface area contributed by atoms with Crippen LogP contribution >= 0.6 is 11.3 Å². The van der Waals surface area contributed by atoms with Crippen molar-refractivity contribution in [2.75, 3.05) is 23.5 Å². The second-order valence-corrected chi connectivity index (χ2v) is 6.17. The van der Waals surface area contributed by atoms with Crippen LogP contribution in [-0.4, -0.2) is 29.2 Å². The molecule has 1 aromatic carbocycles. The summed E-state index contributed by atoms with van der Waals surface area (Å²) in [7, 11) is 0. The van der Waals surface area contributed by atoms with Gasteiger partial charge in [-0.15, -0.1) is 11.3 Å². The van der Waals surface area contributed by atoms with Gasteiger partial charge in [-0.2, -0.15) is 0 Å². The number of rotatable bonds is 4. The monoisotopic (exact) mass is 318 g/mol. The highest BCUT2D eigenvalue weighted by molar-refractivity contribution is 7.14. The number of hydrogen-bond donors (Lipinski definition) is 3. The van der Waals surface area contributed by atoms with Crippen molar-refractivity contribution in [1.82, 2.24) is 4.98 Å². The second kappa shape index (κ2) is 6.33. The van der Waals surface area contributed by atoms with E-state index in [1.165, 1.54) is 0 Å². The Bertz CT molecular complexity index is 665. The number of nitrogens with zero attached hydrogens (tertiary/aromatic N) is 2. The van der Waals surface area contributed by atoms with Gasteiger partial charge in [-0.05, 0) is 18.9 Å². The highest BCUT2D eigenvalue weighted by Crippen LogP contribution is 2.33. The van der Waals surface area contributed by atoms with Crippen LogP contribution in [0.25, 0.3) is 11.3 Å². The fraction of sp³-hybridized carbons (Fsp3) is 0.333. The van der Waals surface area contributed by atoms with E-state index in [4.69, 9.17) is 5.73 Å². The zero-order valence-corrected chi connectivity index (χ0v) is 12.8. The molecule has 1 aliphatic rings. The van der Waals surface area contributed by atoms with Crippen LogP contribution in [0.4, 0.5) is 10.8 Å². The van der Waals surface area contributed by atoms with Crippen molar-refractivity contribution < 1.29 is 10.0 Å². The molecule has 0 saturated carbocycles. The molecule has 0 unspecified atom stereocenters. The first-order valence-corrected chi connectivity index (χ1v) is 8.06. The highest BCUT2D eigenvalue weighted by Gasteiger charge is 2.24. The Morgan fingerprint density at radius 1 is 1.36 bits per heavy atom. The second-order valence-electron chi connectivity index (χ2n) is 5.34. The van der Waals surface area contributed by atoms with Crippen LogP contribution in [0.15, 0.2) is 29.6 Å². The molecule has 0 radical (unpaired) electrons. The van der Waals surface area contributed by atoms with Gasteiger partial charge in [0.1, 0.15) is 0 Å². The quantitative estimate of drug-likeness (QED) is 0.753. The molecule has 2 heterocycles. The lowest BCUT2D eigenvalue weighted by atomic mass is 9.97. The summed E-state index contributed by atoms with van der Waals surface area (Å²) >= 11 is 1.57. The van der Waals surface area contributed by atoms with Crippen molar-refractivity contribution in [3.8, 4) is 11.3 Å². The number of nitrogens with two attached hydrogens (primary N) is 1. The number of carbonyl (C=O) groups is 1. The molecule has 1 amide bonds. The Kier molecular flexibility index (Phi) is 4.26. The smallest absolute Gasteiger partial charge is 0.220 e. The fourth-order valence-electron chi connectivity index (χ4n) is 2.69. The van der Waals surface area contributed by atoms with Crippen LogP contribution in [0, 0.1) is 5.92 Å². The maximum absolute atomic E-state index is 11.2. The number of para-hydroxylation sites is 1. The Labute approximate surface area is 132 Å². The molecule has 22 heavy (non-hydrogen) atoms. The Morgan fingerprint density at radius 2 is 2.09 bits per heavy atom. The molecule has 3 rings (SSSR count). The van der Waals surface area contributed by atoms with Gasteiger partial charge >= 0.3 is 0 Å². The molecule has 0 spiro atoms. The van der Waals surface area contributed by atoms with Gasteiger partial charge in [0.15, 0.2) is 5.13 Å². The third kappa shape index (κ3) is 2.90. The molecule has 4 N–H and O–H groups in total. The van der Waals surface area contributed by atoms with Crippen LogP contribution in [0.2, 0.25) is 0 Å². The van der Waals surface area contributed by atoms with E-state index in [1.807, 2.05) is 23.6 Å². The zero-order chi connectivity index (χ0) is 15.5. The largest absolute Gasteiger partial charge is 0.369 e. The number of anilines is 2. The van der Waals surface area contributed by atoms with E-state index in [-0.39, 0.29) is 11.8 Å². The topological polar surface area (TPSA) is 91.5 Å². The SMILES string of the molecule is NC(=O)C1CCN(c2nc(-c3ccccc3NO)cs2)CC1. The van der Waals surface area contributed by atoms with Crippen LogP contribution in [0.5, 0.6) is 0 Å². The number of benzene rings is 1. The van der Waals surface area contributed by atoms with E-state index < -0.39 is 0 Å². The van der Waals surface area contributed by atoms with E-state index in [9.17, 15) is 10.0 Å². The van der Waals surface area contributed by atoms with Gasteiger partial charge < -0.3 is 10.6 Å². The first kappa shape index (κ1) is 14.8. The lowest BCUT2D eigenvalue weighted by Crippen LogP contribution is -2.38. The van der Waals surface area contributed by atoms with Crippen molar-refractivity contribution in [2.24, 2.45) is 11.7 Å². The number of thiazole rings is 1. The van der Waals surface area contributed by atoms with Gasteiger partial charge in [-0.3, -0.25) is 15.5 Å². The summed E-state index contributed by atoms with van der Waals surface area (Å²) in [6.45, 7) is 1.58. The molecule has 1 saturated heterocycles. The number of hydrogen-bond acceptors (Lipinski definition) is 6. The Morgan fingerprint density at radius 3 is 2.77 bits per heavy atom. The van der Waals surface area contributed by atoms with Crippen LogP contribution in [-0.2, 0) is 4.79 Å². The average molecular weight is 318 g/mol. The first-order valence-electron chi connectivity index (χ1n) is 7.18. The van der Waals surface area contributed by atoms with Crippen molar-refractivity contribution in [3.63, 3.8) is 0 Å². The van der Waals surface area contributed by atoms with E-state index in [0.717, 1.165) is 42.3 Å². The van der Waals surface area contributed by atoms with Gasteiger partial charge in [-0.1, -0.05) is 18.2 Å². The molecule has 0 bridgehead atoms. The number of piperidine rings is 1. The van der Waals surface area contributed by atoms with Gasteiger partial charge in [0.2, 0.25) is 5.91 Å². The summed E-state index contributed by atoms with van der Waals surface area (Å²) in [5, 5.41) is 12.1. The lowest BCUT2D eigenvalue weighted by Gasteiger charge is -2.30. The third-order valence-electron chi connectivity index (χ3n) is 3.98. The normalized spacial score (nSPS) is 15.8. The number of amides is 1. The van der Waals surface area contributed by atoms with Gasteiger partial charge in [-0.25, -0.2) is 4.98 Å². The number of aromatic nitrogens is 1. The van der Waals surface area contributed by atoms with E-state index in [2.05, 4.69) is 15.4 Å². The minimum atomic E-state index is -0.206. The lowest BCUT2D eigenvalue weighted by molar-refractivity contribution is -0.122. The van der Waals surface area contributed by atoms with Gasteiger partial charge in [0.25, 0.3) is 0 Å². The summed E-state index contributed by atoms with van der Waals surface area (Å²) in [5.74, 6) is -0.225. The minimum Gasteiger partial charge on any atom is -0.369 e. The number of nitrogens with one attached hydrogen (secondary N) is 1. The van der Waals surface area contributed by atoms with Crippen molar-refractivity contribution in [2.45, 2.75) is 12.8 Å². The summed E-state index contributed by atoms with van der Waals surface area (Å²) in [6.07, 6.45) is 1.55. The molecular formula is C15H18N4O2S. The molecule has 0 atom stereocenters. The van der Waals surface area contributed by atoms with E-state index >= 15 is 0 Å². The standard InChI is InChI=1S/C15H18N4O2S/c16-14(20)10-5-7-19(8-6-10)15-17-13(9-22-15)11-3-1-2-4-12(11)18-21/h1-4,9-10,18,21H,5-8H2,(H2,16,20). The minimum absolute atomic E-state index is 0.0185. The molecule has 1 aliphatic heterocycles. The van der Waals surface area contributed by atoms with E-state index in [1.54, 1.807) is 17.4 Å². The number of primary amides is 1. The van der Waals surface area contributed by atoms with Crippen LogP contribution < -0.4 is 16.1 Å². The molecule has 1 fully saturated rings. The fourth-order valence-corrected chi connectivity index (χ4v) is 3.57. The first-order chi connectivity index (χ1) is 10.7. The summed E-state index contributed by atoms with van der Waals surface area (Å²) in [6, 6.07) is 7.47. The number of carbonyl (C=O) groups excluding carboxylic acids is 1. The van der Waals surface area contributed by atoms with Crippen molar-refractivity contribution >= 4 is 28.1 Å². The third-order valence-corrected chi connectivity index (χ3v) is 4.88. The average Bonchev–Trinajstić information content (AvgIpc) is 3.04. The van der Waals surface area contributed by atoms with Crippen LogP contribution in [0.3, 0.4) is 0 Å². The molecule has 0 aliphatic carbocycles. The molecule has 6 nitrogen and oxygen atoms in total. The molecule has 2 aromatic rings. The predicted octanol–water partition coefficient (Wildman–Crippen LogP) is 2.31. The molecule has 7 heteroatoms.